The van der Waals surface area contributed by atoms with Gasteiger partial charge in [-0.2, -0.15) is 0 Å². The molecule has 1 aromatic carbocycles. The molecule has 0 aliphatic carbocycles. The molecule has 1 aromatic heterocycles. The Kier molecular flexibility index (Phi) is 4.97. The molecule has 1 aliphatic heterocycles. The molecule has 0 saturated carbocycles. The minimum Gasteiger partial charge on any atom is -0.466 e. The first-order valence-corrected chi connectivity index (χ1v) is 8.66. The lowest BCUT2D eigenvalue weighted by Crippen LogP contribution is -2.48. The molecule has 0 radical (unpaired) electrons. The maximum atomic E-state index is 12.8. The molecule has 128 valence electrons. The maximum absolute atomic E-state index is 12.8. The van der Waals surface area contributed by atoms with Crippen molar-refractivity contribution in [3.8, 4) is 0 Å². The molecule has 1 amide bonds. The second-order valence-corrected chi connectivity index (χ2v) is 6.85. The van der Waals surface area contributed by atoms with Gasteiger partial charge in [-0.1, -0.05) is 23.7 Å². The van der Waals surface area contributed by atoms with Crippen molar-refractivity contribution in [3.05, 3.63) is 57.5 Å². The zero-order valence-corrected chi connectivity index (χ0v) is 15.2. The fourth-order valence-electron chi connectivity index (χ4n) is 3.22. The zero-order valence-electron chi connectivity index (χ0n) is 14.4. The lowest BCUT2D eigenvalue weighted by molar-refractivity contribution is 0.0626. The Morgan fingerprint density at radius 2 is 1.67 bits per heavy atom. The molecular formula is C19H23ClN2O2. The normalized spacial score (nSPS) is 15.8. The van der Waals surface area contributed by atoms with Crippen LogP contribution in [0.3, 0.4) is 0 Å². The van der Waals surface area contributed by atoms with E-state index in [1.165, 1.54) is 5.56 Å². The topological polar surface area (TPSA) is 36.7 Å². The Hall–Kier alpha value is -1.78. The van der Waals surface area contributed by atoms with Gasteiger partial charge >= 0.3 is 0 Å². The third-order valence-corrected chi connectivity index (χ3v) is 5.01. The molecule has 1 aliphatic rings. The molecule has 1 fully saturated rings. The summed E-state index contributed by atoms with van der Waals surface area (Å²) in [4.78, 5) is 17.1. The van der Waals surface area contributed by atoms with Crippen LogP contribution in [0.15, 0.2) is 28.7 Å². The van der Waals surface area contributed by atoms with E-state index < -0.39 is 0 Å². The number of furan rings is 1. The summed E-state index contributed by atoms with van der Waals surface area (Å²) < 4.78 is 5.60. The minimum absolute atomic E-state index is 0.0907. The van der Waals surface area contributed by atoms with Crippen LogP contribution >= 0.6 is 11.6 Å². The van der Waals surface area contributed by atoms with Crippen molar-refractivity contribution in [2.45, 2.75) is 27.3 Å². The van der Waals surface area contributed by atoms with Crippen molar-refractivity contribution in [1.82, 2.24) is 9.80 Å². The van der Waals surface area contributed by atoms with E-state index in [4.69, 9.17) is 16.0 Å². The monoisotopic (exact) mass is 346 g/mol. The number of carbonyl (C=O) groups is 1. The lowest BCUT2D eigenvalue weighted by atomic mass is 10.1. The average Bonchev–Trinajstić information content (AvgIpc) is 2.82. The first-order valence-electron chi connectivity index (χ1n) is 8.28. The number of hydrogen-bond acceptors (Lipinski definition) is 3. The molecule has 2 heterocycles. The van der Waals surface area contributed by atoms with Gasteiger partial charge in [0.05, 0.1) is 5.56 Å². The molecule has 0 unspecified atom stereocenters. The number of rotatable bonds is 3. The van der Waals surface area contributed by atoms with Crippen LogP contribution in [0.25, 0.3) is 0 Å². The van der Waals surface area contributed by atoms with Crippen LogP contribution in [0.2, 0.25) is 5.02 Å². The predicted molar refractivity (Wildman–Crippen MR) is 95.6 cm³/mol. The Labute approximate surface area is 148 Å². The molecule has 0 spiro atoms. The third kappa shape index (κ3) is 3.50. The summed E-state index contributed by atoms with van der Waals surface area (Å²) in [6.07, 6.45) is 0. The van der Waals surface area contributed by atoms with Crippen LogP contribution in [-0.2, 0) is 6.54 Å². The van der Waals surface area contributed by atoms with Crippen molar-refractivity contribution in [2.24, 2.45) is 0 Å². The largest absolute Gasteiger partial charge is 0.466 e. The van der Waals surface area contributed by atoms with Crippen LogP contribution in [0.5, 0.6) is 0 Å². The Bertz CT molecular complexity index is 729. The fraction of sp³-hybridized carbons (Fsp3) is 0.421. The number of nitrogens with zero attached hydrogens (tertiary/aromatic N) is 2. The predicted octanol–water partition coefficient (Wildman–Crippen LogP) is 3.82. The van der Waals surface area contributed by atoms with Gasteiger partial charge in [0.2, 0.25) is 0 Å². The summed E-state index contributed by atoms with van der Waals surface area (Å²) in [6, 6.07) is 7.95. The summed E-state index contributed by atoms with van der Waals surface area (Å²) in [6.45, 7) is 9.86. The number of piperazine rings is 1. The number of aryl methyl sites for hydroxylation is 2. The number of hydrogen-bond donors (Lipinski definition) is 0. The second-order valence-electron chi connectivity index (χ2n) is 6.41. The van der Waals surface area contributed by atoms with Crippen molar-refractivity contribution >= 4 is 17.5 Å². The van der Waals surface area contributed by atoms with E-state index in [1.54, 1.807) is 0 Å². The highest BCUT2D eigenvalue weighted by atomic mass is 35.5. The highest BCUT2D eigenvalue weighted by molar-refractivity contribution is 6.30. The molecule has 0 bridgehead atoms. The summed E-state index contributed by atoms with van der Waals surface area (Å²) in [5.74, 6) is 1.64. The van der Waals surface area contributed by atoms with E-state index in [-0.39, 0.29) is 5.91 Å². The number of carbonyl (C=O) groups excluding carboxylic acids is 1. The molecule has 5 heteroatoms. The van der Waals surface area contributed by atoms with E-state index in [0.717, 1.165) is 60.4 Å². The number of benzene rings is 1. The van der Waals surface area contributed by atoms with Gasteiger partial charge in [0.15, 0.2) is 0 Å². The molecule has 0 N–H and O–H groups in total. The molecule has 3 rings (SSSR count). The zero-order chi connectivity index (χ0) is 17.3. The molecule has 4 nitrogen and oxygen atoms in total. The van der Waals surface area contributed by atoms with Crippen LogP contribution in [0.1, 0.15) is 33.0 Å². The SMILES string of the molecule is Cc1oc(C)c(C(=O)N2CCN(Cc3ccc(Cl)cc3)CC2)c1C. The van der Waals surface area contributed by atoms with Crippen molar-refractivity contribution in [2.75, 3.05) is 26.2 Å². The Morgan fingerprint density at radius 1 is 1.04 bits per heavy atom. The van der Waals surface area contributed by atoms with Crippen LogP contribution in [0, 0.1) is 20.8 Å². The molecule has 2 aromatic rings. The van der Waals surface area contributed by atoms with Gasteiger partial charge in [0.1, 0.15) is 11.5 Å². The second kappa shape index (κ2) is 6.99. The quantitative estimate of drug-likeness (QED) is 0.847. The van der Waals surface area contributed by atoms with Gasteiger partial charge in [-0.15, -0.1) is 0 Å². The highest BCUT2D eigenvalue weighted by Crippen LogP contribution is 2.23. The number of amides is 1. The van der Waals surface area contributed by atoms with Gasteiger partial charge in [-0.05, 0) is 38.5 Å². The van der Waals surface area contributed by atoms with Crippen LogP contribution in [0.4, 0.5) is 0 Å². The van der Waals surface area contributed by atoms with E-state index in [9.17, 15) is 4.79 Å². The molecule has 1 saturated heterocycles. The third-order valence-electron chi connectivity index (χ3n) is 4.75. The molecule has 24 heavy (non-hydrogen) atoms. The Balaban J connectivity index is 1.60. The van der Waals surface area contributed by atoms with Gasteiger partial charge in [0.25, 0.3) is 5.91 Å². The van der Waals surface area contributed by atoms with Gasteiger partial charge in [-0.25, -0.2) is 0 Å². The maximum Gasteiger partial charge on any atom is 0.257 e. The van der Waals surface area contributed by atoms with E-state index in [1.807, 2.05) is 37.8 Å². The first kappa shape index (κ1) is 17.1. The summed E-state index contributed by atoms with van der Waals surface area (Å²) in [5, 5.41) is 0.760. The fourth-order valence-corrected chi connectivity index (χ4v) is 3.35. The van der Waals surface area contributed by atoms with Crippen molar-refractivity contribution < 1.29 is 9.21 Å². The smallest absolute Gasteiger partial charge is 0.257 e. The summed E-state index contributed by atoms with van der Waals surface area (Å²) >= 11 is 5.93. The lowest BCUT2D eigenvalue weighted by Gasteiger charge is -2.34. The van der Waals surface area contributed by atoms with E-state index >= 15 is 0 Å². The average molecular weight is 347 g/mol. The Morgan fingerprint density at radius 3 is 2.21 bits per heavy atom. The van der Waals surface area contributed by atoms with Crippen LogP contribution in [-0.4, -0.2) is 41.9 Å². The minimum atomic E-state index is 0.0907. The number of halogens is 1. The standard InChI is InChI=1S/C19H23ClN2O2/c1-13-14(2)24-15(3)18(13)19(23)22-10-8-21(9-11-22)12-16-4-6-17(20)7-5-16/h4-7H,8-12H2,1-3H3. The van der Waals surface area contributed by atoms with Crippen molar-refractivity contribution in [1.29, 1.82) is 0 Å². The van der Waals surface area contributed by atoms with E-state index in [2.05, 4.69) is 17.0 Å². The molecular weight excluding hydrogens is 324 g/mol. The summed E-state index contributed by atoms with van der Waals surface area (Å²) in [5.41, 5.74) is 2.94. The first-order chi connectivity index (χ1) is 11.5. The summed E-state index contributed by atoms with van der Waals surface area (Å²) in [7, 11) is 0. The van der Waals surface area contributed by atoms with Gasteiger partial charge in [0, 0.05) is 43.3 Å². The van der Waals surface area contributed by atoms with E-state index in [0.29, 0.717) is 0 Å². The molecule has 0 atom stereocenters. The highest BCUT2D eigenvalue weighted by Gasteiger charge is 2.26. The van der Waals surface area contributed by atoms with Crippen LogP contribution < -0.4 is 0 Å². The van der Waals surface area contributed by atoms with Gasteiger partial charge < -0.3 is 9.32 Å². The van der Waals surface area contributed by atoms with Crippen molar-refractivity contribution in [3.63, 3.8) is 0 Å². The van der Waals surface area contributed by atoms with Gasteiger partial charge in [-0.3, -0.25) is 9.69 Å².